The summed E-state index contributed by atoms with van der Waals surface area (Å²) in [6.45, 7) is 3.11. The Bertz CT molecular complexity index is 464. The van der Waals surface area contributed by atoms with E-state index in [0.29, 0.717) is 5.75 Å². The smallest absolute Gasteiger partial charge is 0.231 e. The van der Waals surface area contributed by atoms with E-state index in [9.17, 15) is 4.79 Å². The molecule has 0 amide bonds. The maximum Gasteiger partial charge on any atom is 0.231 e. The van der Waals surface area contributed by atoms with Gasteiger partial charge in [-0.3, -0.25) is 4.79 Å². The number of ketones is 1. The normalized spacial score (nSPS) is 21.8. The lowest BCUT2D eigenvalue weighted by Gasteiger charge is -2.11. The highest BCUT2D eigenvalue weighted by Crippen LogP contribution is 2.35. The molecule has 1 unspecified atom stereocenters. The molecule has 17 heavy (non-hydrogen) atoms. The fourth-order valence-electron chi connectivity index (χ4n) is 2.41. The van der Waals surface area contributed by atoms with Crippen molar-refractivity contribution >= 4 is 5.78 Å². The number of rotatable bonds is 2. The molecule has 1 N–H and O–H groups in total. The molecule has 0 saturated carbocycles. The molecule has 1 fully saturated rings. The maximum absolute atomic E-state index is 12.3. The number of fused-ring (bicyclic) bond motifs is 1. The first kappa shape index (κ1) is 10.6. The summed E-state index contributed by atoms with van der Waals surface area (Å²) >= 11 is 0. The quantitative estimate of drug-likeness (QED) is 0.789. The van der Waals surface area contributed by atoms with Crippen molar-refractivity contribution in [2.75, 3.05) is 13.3 Å². The second-order valence-electron chi connectivity index (χ2n) is 4.53. The molecule has 1 saturated heterocycles. The third-order valence-corrected chi connectivity index (χ3v) is 3.36. The summed E-state index contributed by atoms with van der Waals surface area (Å²) in [6, 6.07) is 3.65. The second-order valence-corrected chi connectivity index (χ2v) is 4.53. The number of aryl methyl sites for hydroxylation is 1. The minimum atomic E-state index is -0.0333. The molecule has 1 aromatic carbocycles. The zero-order valence-corrected chi connectivity index (χ0v) is 9.79. The van der Waals surface area contributed by atoms with Crippen LogP contribution in [0.5, 0.6) is 11.5 Å². The number of nitrogens with one attached hydrogen (secondary N) is 1. The monoisotopic (exact) mass is 233 g/mol. The van der Waals surface area contributed by atoms with Gasteiger partial charge in [-0.05, 0) is 44.0 Å². The molecule has 2 aliphatic heterocycles. The van der Waals surface area contributed by atoms with Gasteiger partial charge < -0.3 is 14.8 Å². The lowest BCUT2D eigenvalue weighted by molar-refractivity contribution is 0.0951. The van der Waals surface area contributed by atoms with Crippen LogP contribution in [0.4, 0.5) is 0 Å². The molecule has 1 atom stereocenters. The van der Waals surface area contributed by atoms with Crippen molar-refractivity contribution in [2.24, 2.45) is 0 Å². The fraction of sp³-hybridized carbons (Fsp3) is 0.462. The SMILES string of the molecule is Cc1cc2c(cc1C(=O)C1CCCN1)OCO2. The van der Waals surface area contributed by atoms with E-state index in [4.69, 9.17) is 9.47 Å². The van der Waals surface area contributed by atoms with E-state index in [-0.39, 0.29) is 18.6 Å². The largest absolute Gasteiger partial charge is 0.454 e. The highest BCUT2D eigenvalue weighted by atomic mass is 16.7. The Morgan fingerprint density at radius 3 is 2.82 bits per heavy atom. The van der Waals surface area contributed by atoms with E-state index in [0.717, 1.165) is 36.3 Å². The molecule has 0 aliphatic carbocycles. The van der Waals surface area contributed by atoms with E-state index >= 15 is 0 Å². The van der Waals surface area contributed by atoms with Crippen LogP contribution in [0, 0.1) is 6.92 Å². The number of carbonyl (C=O) groups excluding carboxylic acids is 1. The Morgan fingerprint density at radius 2 is 2.12 bits per heavy atom. The van der Waals surface area contributed by atoms with E-state index in [1.54, 1.807) is 6.07 Å². The molecular weight excluding hydrogens is 218 g/mol. The number of benzene rings is 1. The number of Topliss-reactive ketones (excluding diaryl/α,β-unsaturated/α-hetero) is 1. The molecule has 0 aromatic heterocycles. The lowest BCUT2D eigenvalue weighted by atomic mass is 9.98. The van der Waals surface area contributed by atoms with Crippen LogP contribution in [-0.2, 0) is 0 Å². The van der Waals surface area contributed by atoms with E-state index in [1.807, 2.05) is 13.0 Å². The molecule has 0 radical (unpaired) electrons. The van der Waals surface area contributed by atoms with Crippen molar-refractivity contribution in [3.05, 3.63) is 23.3 Å². The van der Waals surface area contributed by atoms with Gasteiger partial charge in [0.15, 0.2) is 17.3 Å². The highest BCUT2D eigenvalue weighted by Gasteiger charge is 2.26. The molecular formula is C13H15NO3. The van der Waals surface area contributed by atoms with Crippen molar-refractivity contribution in [3.8, 4) is 11.5 Å². The summed E-state index contributed by atoms with van der Waals surface area (Å²) in [5.74, 6) is 1.58. The van der Waals surface area contributed by atoms with E-state index < -0.39 is 0 Å². The van der Waals surface area contributed by atoms with Gasteiger partial charge in [0, 0.05) is 5.56 Å². The van der Waals surface area contributed by atoms with Crippen LogP contribution in [0.3, 0.4) is 0 Å². The van der Waals surface area contributed by atoms with Crippen molar-refractivity contribution in [2.45, 2.75) is 25.8 Å². The zero-order valence-electron chi connectivity index (χ0n) is 9.79. The predicted octanol–water partition coefficient (Wildman–Crippen LogP) is 1.66. The van der Waals surface area contributed by atoms with Crippen LogP contribution < -0.4 is 14.8 Å². The van der Waals surface area contributed by atoms with Crippen molar-refractivity contribution in [1.82, 2.24) is 5.32 Å². The van der Waals surface area contributed by atoms with Crippen molar-refractivity contribution in [1.29, 1.82) is 0 Å². The third-order valence-electron chi connectivity index (χ3n) is 3.36. The summed E-state index contributed by atoms with van der Waals surface area (Å²) in [7, 11) is 0. The topological polar surface area (TPSA) is 47.6 Å². The summed E-state index contributed by atoms with van der Waals surface area (Å²) in [5, 5.41) is 3.23. The highest BCUT2D eigenvalue weighted by molar-refractivity contribution is 6.02. The van der Waals surface area contributed by atoms with Crippen LogP contribution in [0.15, 0.2) is 12.1 Å². The first-order chi connectivity index (χ1) is 8.25. The molecule has 0 bridgehead atoms. The van der Waals surface area contributed by atoms with E-state index in [2.05, 4.69) is 5.32 Å². The second kappa shape index (κ2) is 4.04. The van der Waals surface area contributed by atoms with Crippen LogP contribution in [0.1, 0.15) is 28.8 Å². The average Bonchev–Trinajstić information content (AvgIpc) is 2.97. The van der Waals surface area contributed by atoms with Crippen LogP contribution in [0.2, 0.25) is 0 Å². The first-order valence-electron chi connectivity index (χ1n) is 5.93. The number of hydrogen-bond acceptors (Lipinski definition) is 4. The van der Waals surface area contributed by atoms with Gasteiger partial charge in [0.2, 0.25) is 6.79 Å². The van der Waals surface area contributed by atoms with Gasteiger partial charge in [-0.2, -0.15) is 0 Å². The van der Waals surface area contributed by atoms with Gasteiger partial charge in [0.05, 0.1) is 6.04 Å². The Morgan fingerprint density at radius 1 is 1.35 bits per heavy atom. The summed E-state index contributed by atoms with van der Waals surface area (Å²) in [4.78, 5) is 12.3. The number of carbonyl (C=O) groups is 1. The number of ether oxygens (including phenoxy) is 2. The minimum Gasteiger partial charge on any atom is -0.454 e. The Hall–Kier alpha value is -1.55. The standard InChI is InChI=1S/C13H15NO3/c1-8-5-11-12(17-7-16-11)6-9(8)13(15)10-3-2-4-14-10/h5-6,10,14H,2-4,7H2,1H3. The molecule has 3 rings (SSSR count). The summed E-state index contributed by atoms with van der Waals surface area (Å²) in [5.41, 5.74) is 1.70. The Labute approximate surface area is 99.9 Å². The summed E-state index contributed by atoms with van der Waals surface area (Å²) < 4.78 is 10.6. The third kappa shape index (κ3) is 1.78. The van der Waals surface area contributed by atoms with Crippen LogP contribution in [-0.4, -0.2) is 25.2 Å². The first-order valence-corrected chi connectivity index (χ1v) is 5.93. The lowest BCUT2D eigenvalue weighted by Crippen LogP contribution is -2.31. The van der Waals surface area contributed by atoms with Crippen LogP contribution >= 0.6 is 0 Å². The molecule has 4 heteroatoms. The van der Waals surface area contributed by atoms with Crippen LogP contribution in [0.25, 0.3) is 0 Å². The Kier molecular flexibility index (Phi) is 2.52. The number of hydrogen-bond donors (Lipinski definition) is 1. The maximum atomic E-state index is 12.3. The minimum absolute atomic E-state index is 0.0333. The van der Waals surface area contributed by atoms with Crippen molar-refractivity contribution in [3.63, 3.8) is 0 Å². The molecule has 2 aliphatic rings. The molecule has 90 valence electrons. The van der Waals surface area contributed by atoms with Gasteiger partial charge in [-0.1, -0.05) is 0 Å². The van der Waals surface area contributed by atoms with Gasteiger partial charge in [0.25, 0.3) is 0 Å². The van der Waals surface area contributed by atoms with Gasteiger partial charge >= 0.3 is 0 Å². The van der Waals surface area contributed by atoms with Gasteiger partial charge in [-0.25, -0.2) is 0 Å². The zero-order chi connectivity index (χ0) is 11.8. The molecule has 0 spiro atoms. The molecule has 1 aromatic rings. The predicted molar refractivity (Wildman–Crippen MR) is 62.7 cm³/mol. The van der Waals surface area contributed by atoms with Crippen molar-refractivity contribution < 1.29 is 14.3 Å². The van der Waals surface area contributed by atoms with E-state index in [1.165, 1.54) is 0 Å². The molecule has 4 nitrogen and oxygen atoms in total. The fourth-order valence-corrected chi connectivity index (χ4v) is 2.41. The summed E-state index contributed by atoms with van der Waals surface area (Å²) in [6.07, 6.45) is 1.99. The molecule has 2 heterocycles. The van der Waals surface area contributed by atoms with Gasteiger partial charge in [-0.15, -0.1) is 0 Å². The van der Waals surface area contributed by atoms with Gasteiger partial charge in [0.1, 0.15) is 0 Å². The average molecular weight is 233 g/mol. The Balaban J connectivity index is 1.94.